The summed E-state index contributed by atoms with van der Waals surface area (Å²) >= 11 is 0. The van der Waals surface area contributed by atoms with Crippen LogP contribution < -0.4 is 0 Å². The maximum absolute atomic E-state index is 13.5. The SMILES string of the molecule is O=S1(=O)C=C[C@H](N(Cc2ccccc2)S(=O)(=O)c2ccc3ccccc3c2)C1. The minimum atomic E-state index is -3.91. The summed E-state index contributed by atoms with van der Waals surface area (Å²) in [5, 5.41) is 2.86. The van der Waals surface area contributed by atoms with E-state index in [9.17, 15) is 16.8 Å². The molecule has 0 saturated carbocycles. The summed E-state index contributed by atoms with van der Waals surface area (Å²) in [7, 11) is -7.30. The number of hydrogen-bond donors (Lipinski definition) is 0. The van der Waals surface area contributed by atoms with Gasteiger partial charge in [0.15, 0.2) is 9.84 Å². The summed E-state index contributed by atoms with van der Waals surface area (Å²) in [6, 6.07) is 20.9. The molecule has 28 heavy (non-hydrogen) atoms. The molecule has 0 fully saturated rings. The number of hydrogen-bond acceptors (Lipinski definition) is 4. The van der Waals surface area contributed by atoms with Crippen molar-refractivity contribution in [3.8, 4) is 0 Å². The van der Waals surface area contributed by atoms with Gasteiger partial charge in [-0.25, -0.2) is 16.8 Å². The fourth-order valence-electron chi connectivity index (χ4n) is 3.35. The molecule has 0 bridgehead atoms. The van der Waals surface area contributed by atoms with Crippen molar-refractivity contribution >= 4 is 30.6 Å². The highest BCUT2D eigenvalue weighted by atomic mass is 32.2. The number of nitrogens with zero attached hydrogens (tertiary/aromatic N) is 1. The number of sulfone groups is 1. The van der Waals surface area contributed by atoms with E-state index in [-0.39, 0.29) is 17.2 Å². The van der Waals surface area contributed by atoms with Crippen LogP contribution in [0, 0.1) is 0 Å². The summed E-state index contributed by atoms with van der Waals surface area (Å²) in [6.07, 6.45) is 1.46. The Labute approximate surface area is 164 Å². The molecule has 0 spiro atoms. The van der Waals surface area contributed by atoms with E-state index in [1.807, 2.05) is 54.6 Å². The Hall–Kier alpha value is -2.48. The van der Waals surface area contributed by atoms with Gasteiger partial charge in [0.1, 0.15) is 0 Å². The van der Waals surface area contributed by atoms with Crippen LogP contribution in [0.25, 0.3) is 10.8 Å². The molecule has 1 aliphatic heterocycles. The van der Waals surface area contributed by atoms with E-state index in [4.69, 9.17) is 0 Å². The molecule has 5 nitrogen and oxygen atoms in total. The lowest BCUT2D eigenvalue weighted by Gasteiger charge is -2.27. The van der Waals surface area contributed by atoms with Crippen LogP contribution in [-0.4, -0.2) is 32.9 Å². The molecular formula is C21H19NO4S2. The van der Waals surface area contributed by atoms with Gasteiger partial charge in [-0.2, -0.15) is 4.31 Å². The van der Waals surface area contributed by atoms with Gasteiger partial charge in [-0.15, -0.1) is 0 Å². The molecule has 3 aromatic rings. The number of fused-ring (bicyclic) bond motifs is 1. The third kappa shape index (κ3) is 3.73. The van der Waals surface area contributed by atoms with Crippen molar-refractivity contribution < 1.29 is 16.8 Å². The summed E-state index contributed by atoms with van der Waals surface area (Å²) < 4.78 is 52.1. The van der Waals surface area contributed by atoms with Gasteiger partial charge >= 0.3 is 0 Å². The van der Waals surface area contributed by atoms with Crippen molar-refractivity contribution in [3.05, 3.63) is 89.8 Å². The molecular weight excluding hydrogens is 394 g/mol. The molecule has 0 saturated heterocycles. The van der Waals surface area contributed by atoms with Gasteiger partial charge in [0, 0.05) is 12.0 Å². The molecule has 0 aromatic heterocycles. The zero-order valence-corrected chi connectivity index (χ0v) is 16.6. The van der Waals surface area contributed by atoms with Crippen LogP contribution >= 0.6 is 0 Å². The predicted molar refractivity (Wildman–Crippen MR) is 110 cm³/mol. The molecule has 7 heteroatoms. The molecule has 0 radical (unpaired) electrons. The van der Waals surface area contributed by atoms with E-state index >= 15 is 0 Å². The van der Waals surface area contributed by atoms with Crippen molar-refractivity contribution in [2.75, 3.05) is 5.75 Å². The van der Waals surface area contributed by atoms with Gasteiger partial charge in [-0.3, -0.25) is 0 Å². The predicted octanol–water partition coefficient (Wildman–Crippen LogP) is 3.34. The first-order valence-electron chi connectivity index (χ1n) is 8.81. The maximum Gasteiger partial charge on any atom is 0.243 e. The van der Waals surface area contributed by atoms with Crippen molar-refractivity contribution in [1.29, 1.82) is 0 Å². The van der Waals surface area contributed by atoms with Gasteiger partial charge in [0.05, 0.1) is 16.7 Å². The van der Waals surface area contributed by atoms with E-state index < -0.39 is 25.9 Å². The molecule has 1 heterocycles. The maximum atomic E-state index is 13.5. The Morgan fingerprint density at radius 2 is 1.57 bits per heavy atom. The third-order valence-corrected chi connectivity index (χ3v) is 8.03. The minimum Gasteiger partial charge on any atom is -0.224 e. The van der Waals surface area contributed by atoms with E-state index in [2.05, 4.69) is 0 Å². The smallest absolute Gasteiger partial charge is 0.224 e. The average molecular weight is 414 g/mol. The van der Waals surface area contributed by atoms with E-state index in [1.54, 1.807) is 18.2 Å². The summed E-state index contributed by atoms with van der Waals surface area (Å²) in [6.45, 7) is 0.0977. The third-order valence-electron chi connectivity index (χ3n) is 4.79. The highest BCUT2D eigenvalue weighted by Gasteiger charge is 2.35. The molecule has 3 aromatic carbocycles. The van der Waals surface area contributed by atoms with Crippen LogP contribution in [0.2, 0.25) is 0 Å². The molecule has 0 aliphatic carbocycles. The first kappa shape index (κ1) is 18.9. The molecule has 0 N–H and O–H groups in total. The van der Waals surface area contributed by atoms with Crippen LogP contribution in [-0.2, 0) is 26.4 Å². The van der Waals surface area contributed by atoms with Crippen LogP contribution in [0.15, 0.2) is 89.2 Å². The quantitative estimate of drug-likeness (QED) is 0.643. The Morgan fingerprint density at radius 1 is 0.893 bits per heavy atom. The Kier molecular flexibility index (Phi) is 4.82. The van der Waals surface area contributed by atoms with E-state index in [0.717, 1.165) is 21.7 Å². The van der Waals surface area contributed by atoms with Gasteiger partial charge in [-0.05, 0) is 28.5 Å². The van der Waals surface area contributed by atoms with Crippen molar-refractivity contribution in [3.63, 3.8) is 0 Å². The molecule has 4 rings (SSSR count). The number of sulfonamides is 1. The molecule has 144 valence electrons. The minimum absolute atomic E-state index is 0.0977. The summed E-state index contributed by atoms with van der Waals surface area (Å²) in [5.41, 5.74) is 0.796. The molecule has 0 unspecified atom stereocenters. The fourth-order valence-corrected chi connectivity index (χ4v) is 6.35. The fraction of sp³-hybridized carbons (Fsp3) is 0.143. The Balaban J connectivity index is 1.78. The van der Waals surface area contributed by atoms with Crippen molar-refractivity contribution in [2.24, 2.45) is 0 Å². The van der Waals surface area contributed by atoms with Gasteiger partial charge in [-0.1, -0.05) is 66.7 Å². The Bertz CT molecular complexity index is 1250. The molecule has 1 atom stereocenters. The zero-order valence-electron chi connectivity index (χ0n) is 15.0. The average Bonchev–Trinajstić information content (AvgIpc) is 3.05. The lowest BCUT2D eigenvalue weighted by molar-refractivity contribution is 0.375. The van der Waals surface area contributed by atoms with Crippen molar-refractivity contribution in [2.45, 2.75) is 17.5 Å². The van der Waals surface area contributed by atoms with Gasteiger partial charge in [0.25, 0.3) is 0 Å². The highest BCUT2D eigenvalue weighted by molar-refractivity contribution is 7.94. The largest absolute Gasteiger partial charge is 0.243 e. The van der Waals surface area contributed by atoms with Crippen LogP contribution in [0.1, 0.15) is 5.56 Å². The normalized spacial score (nSPS) is 18.7. The first-order valence-corrected chi connectivity index (χ1v) is 12.0. The Morgan fingerprint density at radius 3 is 2.25 bits per heavy atom. The lowest BCUT2D eigenvalue weighted by Crippen LogP contribution is -2.40. The van der Waals surface area contributed by atoms with E-state index in [0.29, 0.717) is 0 Å². The lowest BCUT2D eigenvalue weighted by atomic mass is 10.1. The second-order valence-electron chi connectivity index (χ2n) is 6.77. The van der Waals surface area contributed by atoms with Crippen molar-refractivity contribution in [1.82, 2.24) is 4.31 Å². The van der Waals surface area contributed by atoms with Crippen LogP contribution in [0.4, 0.5) is 0 Å². The first-order chi connectivity index (χ1) is 13.4. The van der Waals surface area contributed by atoms with E-state index in [1.165, 1.54) is 10.4 Å². The topological polar surface area (TPSA) is 71.5 Å². The molecule has 1 aliphatic rings. The highest BCUT2D eigenvalue weighted by Crippen LogP contribution is 2.27. The number of benzene rings is 3. The van der Waals surface area contributed by atoms with Crippen LogP contribution in [0.3, 0.4) is 0 Å². The van der Waals surface area contributed by atoms with Gasteiger partial charge in [0.2, 0.25) is 10.0 Å². The summed E-state index contributed by atoms with van der Waals surface area (Å²) in [4.78, 5) is 0.153. The number of rotatable bonds is 5. The van der Waals surface area contributed by atoms with Gasteiger partial charge < -0.3 is 0 Å². The second-order valence-corrected chi connectivity index (χ2v) is 10.6. The molecule has 0 amide bonds. The second kappa shape index (κ2) is 7.16. The summed E-state index contributed by atoms with van der Waals surface area (Å²) in [5.74, 6) is -0.243. The van der Waals surface area contributed by atoms with Crippen LogP contribution in [0.5, 0.6) is 0 Å². The monoisotopic (exact) mass is 413 g/mol. The standard InChI is InChI=1S/C21H19NO4S2/c23-27(24)13-12-20(16-27)22(15-17-6-2-1-3-7-17)28(25,26)21-11-10-18-8-4-5-9-19(18)14-21/h1-14,20H,15-16H2/t20-/m0/s1. The zero-order chi connectivity index (χ0) is 19.8.